The van der Waals surface area contributed by atoms with Crippen LogP contribution in [0.3, 0.4) is 0 Å². The van der Waals surface area contributed by atoms with Gasteiger partial charge in [0.15, 0.2) is 0 Å². The molecule has 0 saturated carbocycles. The Morgan fingerprint density at radius 1 is 1.07 bits per heavy atom. The number of anilines is 1. The predicted molar refractivity (Wildman–Crippen MR) is 109 cm³/mol. The third-order valence-electron chi connectivity index (χ3n) is 4.17. The van der Waals surface area contributed by atoms with Gasteiger partial charge in [-0.1, -0.05) is 18.8 Å². The van der Waals surface area contributed by atoms with Gasteiger partial charge in [0.05, 0.1) is 28.3 Å². The van der Waals surface area contributed by atoms with Crippen molar-refractivity contribution in [3.63, 3.8) is 0 Å². The Morgan fingerprint density at radius 3 is 2.57 bits per heavy atom. The molecule has 6 heteroatoms. The molecule has 0 radical (unpaired) electrons. The lowest BCUT2D eigenvalue weighted by atomic mass is 10.0. The molecule has 28 heavy (non-hydrogen) atoms. The topological polar surface area (TPSA) is 80.7 Å². The standard InChI is InChI=1S/C22H21N5O/c1-5-20-19(22(26-13-25-20)18-8-6-14(2)23-12-18)9-7-17-10-21(27-16(4)28)15(3)24-11-17/h6,8,10-13H,5H2,1-4H3,(H,27,28). The van der Waals surface area contributed by atoms with Crippen LogP contribution in [0.25, 0.3) is 11.3 Å². The van der Waals surface area contributed by atoms with Crippen molar-refractivity contribution >= 4 is 11.6 Å². The molecular weight excluding hydrogens is 350 g/mol. The summed E-state index contributed by atoms with van der Waals surface area (Å²) in [6, 6.07) is 5.75. The smallest absolute Gasteiger partial charge is 0.221 e. The number of carbonyl (C=O) groups is 1. The molecule has 140 valence electrons. The van der Waals surface area contributed by atoms with E-state index in [-0.39, 0.29) is 5.91 Å². The summed E-state index contributed by atoms with van der Waals surface area (Å²) in [5.41, 5.74) is 6.34. The van der Waals surface area contributed by atoms with Crippen LogP contribution in [0, 0.1) is 25.7 Å². The van der Waals surface area contributed by atoms with Gasteiger partial charge in [0.1, 0.15) is 6.33 Å². The lowest BCUT2D eigenvalue weighted by Crippen LogP contribution is -2.08. The van der Waals surface area contributed by atoms with Crippen LogP contribution >= 0.6 is 0 Å². The first-order valence-corrected chi connectivity index (χ1v) is 9.01. The molecule has 1 N–H and O–H groups in total. The second kappa shape index (κ2) is 8.40. The highest BCUT2D eigenvalue weighted by atomic mass is 16.1. The Morgan fingerprint density at radius 2 is 1.89 bits per heavy atom. The molecule has 3 rings (SSSR count). The zero-order chi connectivity index (χ0) is 20.1. The van der Waals surface area contributed by atoms with E-state index in [0.717, 1.165) is 40.3 Å². The van der Waals surface area contributed by atoms with Crippen LogP contribution in [0.5, 0.6) is 0 Å². The van der Waals surface area contributed by atoms with Crippen LogP contribution in [0.2, 0.25) is 0 Å². The Hall–Kier alpha value is -3.59. The van der Waals surface area contributed by atoms with Crippen molar-refractivity contribution in [2.75, 3.05) is 5.32 Å². The second-order valence-corrected chi connectivity index (χ2v) is 6.37. The molecule has 0 aliphatic carbocycles. The minimum absolute atomic E-state index is 0.145. The third-order valence-corrected chi connectivity index (χ3v) is 4.17. The highest BCUT2D eigenvalue weighted by Gasteiger charge is 2.11. The highest BCUT2D eigenvalue weighted by molar-refractivity contribution is 5.89. The molecule has 0 aromatic carbocycles. The quantitative estimate of drug-likeness (QED) is 0.713. The lowest BCUT2D eigenvalue weighted by Gasteiger charge is -2.08. The molecule has 0 fully saturated rings. The largest absolute Gasteiger partial charge is 0.325 e. The summed E-state index contributed by atoms with van der Waals surface area (Å²) in [5.74, 6) is 6.20. The average Bonchev–Trinajstić information content (AvgIpc) is 2.68. The maximum Gasteiger partial charge on any atom is 0.221 e. The first-order valence-electron chi connectivity index (χ1n) is 9.01. The maximum absolute atomic E-state index is 11.4. The molecule has 3 heterocycles. The molecule has 0 atom stereocenters. The SMILES string of the molecule is CCc1ncnc(-c2ccc(C)nc2)c1C#Cc1cnc(C)c(NC(C)=O)c1. The van der Waals surface area contributed by atoms with Gasteiger partial charge in [-0.25, -0.2) is 9.97 Å². The van der Waals surface area contributed by atoms with Gasteiger partial charge < -0.3 is 5.32 Å². The van der Waals surface area contributed by atoms with E-state index in [1.807, 2.05) is 39.0 Å². The number of rotatable bonds is 3. The minimum Gasteiger partial charge on any atom is -0.325 e. The predicted octanol–water partition coefficient (Wildman–Crippen LogP) is 3.47. The summed E-state index contributed by atoms with van der Waals surface area (Å²) < 4.78 is 0. The van der Waals surface area contributed by atoms with Gasteiger partial charge in [0.25, 0.3) is 0 Å². The molecular formula is C22H21N5O. The summed E-state index contributed by atoms with van der Waals surface area (Å²) in [4.78, 5) is 28.9. The molecule has 6 nitrogen and oxygen atoms in total. The fourth-order valence-corrected chi connectivity index (χ4v) is 2.70. The summed E-state index contributed by atoms with van der Waals surface area (Å²) >= 11 is 0. The Labute approximate surface area is 164 Å². The van der Waals surface area contributed by atoms with Gasteiger partial charge in [-0.3, -0.25) is 14.8 Å². The van der Waals surface area contributed by atoms with Crippen LogP contribution in [0.4, 0.5) is 5.69 Å². The Bertz CT molecular complexity index is 1080. The number of nitrogens with one attached hydrogen (secondary N) is 1. The van der Waals surface area contributed by atoms with E-state index in [2.05, 4.69) is 37.1 Å². The van der Waals surface area contributed by atoms with Crippen molar-refractivity contribution in [3.05, 3.63) is 65.1 Å². The van der Waals surface area contributed by atoms with Crippen molar-refractivity contribution in [2.45, 2.75) is 34.1 Å². The molecule has 0 unspecified atom stereocenters. The van der Waals surface area contributed by atoms with Gasteiger partial charge in [-0.15, -0.1) is 0 Å². The molecule has 0 bridgehead atoms. The molecule has 0 aliphatic rings. The minimum atomic E-state index is -0.145. The van der Waals surface area contributed by atoms with Crippen LogP contribution in [-0.2, 0) is 11.2 Å². The average molecular weight is 371 g/mol. The van der Waals surface area contributed by atoms with E-state index in [0.29, 0.717) is 11.3 Å². The number of hydrogen-bond donors (Lipinski definition) is 1. The maximum atomic E-state index is 11.4. The lowest BCUT2D eigenvalue weighted by molar-refractivity contribution is -0.114. The van der Waals surface area contributed by atoms with Crippen LogP contribution in [0.1, 0.15) is 42.1 Å². The van der Waals surface area contributed by atoms with Gasteiger partial charge in [0, 0.05) is 36.1 Å². The second-order valence-electron chi connectivity index (χ2n) is 6.37. The number of aryl methyl sites for hydroxylation is 3. The fourth-order valence-electron chi connectivity index (χ4n) is 2.70. The highest BCUT2D eigenvalue weighted by Crippen LogP contribution is 2.22. The number of hydrogen-bond acceptors (Lipinski definition) is 5. The van der Waals surface area contributed by atoms with E-state index in [1.54, 1.807) is 18.7 Å². The van der Waals surface area contributed by atoms with Gasteiger partial charge in [-0.2, -0.15) is 0 Å². The van der Waals surface area contributed by atoms with Crippen LogP contribution in [-0.4, -0.2) is 25.8 Å². The summed E-state index contributed by atoms with van der Waals surface area (Å²) in [5, 5.41) is 2.77. The molecule has 3 aromatic heterocycles. The van der Waals surface area contributed by atoms with Crippen LogP contribution < -0.4 is 5.32 Å². The zero-order valence-corrected chi connectivity index (χ0v) is 16.4. The number of amides is 1. The first-order chi connectivity index (χ1) is 13.5. The number of aromatic nitrogens is 4. The van der Waals surface area contributed by atoms with E-state index in [1.165, 1.54) is 6.92 Å². The summed E-state index contributed by atoms with van der Waals surface area (Å²) in [6.45, 7) is 7.28. The van der Waals surface area contributed by atoms with Crippen molar-refractivity contribution in [1.82, 2.24) is 19.9 Å². The van der Waals surface area contributed by atoms with E-state index in [9.17, 15) is 4.79 Å². The van der Waals surface area contributed by atoms with Crippen LogP contribution in [0.15, 0.2) is 36.9 Å². The van der Waals surface area contributed by atoms with Crippen molar-refractivity contribution < 1.29 is 4.79 Å². The summed E-state index contributed by atoms with van der Waals surface area (Å²) in [6.07, 6.45) is 5.78. The first kappa shape index (κ1) is 19.2. The fraction of sp³-hybridized carbons (Fsp3) is 0.227. The third kappa shape index (κ3) is 4.38. The summed E-state index contributed by atoms with van der Waals surface area (Å²) in [7, 11) is 0. The van der Waals surface area contributed by atoms with Crippen molar-refractivity contribution in [1.29, 1.82) is 0 Å². The van der Waals surface area contributed by atoms with Crippen molar-refractivity contribution in [2.24, 2.45) is 0 Å². The Balaban J connectivity index is 2.06. The molecule has 0 spiro atoms. The Kier molecular flexibility index (Phi) is 5.75. The molecule has 1 amide bonds. The van der Waals surface area contributed by atoms with E-state index in [4.69, 9.17) is 0 Å². The number of carbonyl (C=O) groups excluding carboxylic acids is 1. The van der Waals surface area contributed by atoms with E-state index < -0.39 is 0 Å². The van der Waals surface area contributed by atoms with Gasteiger partial charge >= 0.3 is 0 Å². The number of pyridine rings is 2. The number of nitrogens with zero attached hydrogens (tertiary/aromatic N) is 4. The van der Waals surface area contributed by atoms with E-state index >= 15 is 0 Å². The normalized spacial score (nSPS) is 10.1. The van der Waals surface area contributed by atoms with Gasteiger partial charge in [0.2, 0.25) is 5.91 Å². The van der Waals surface area contributed by atoms with Crippen molar-refractivity contribution in [3.8, 4) is 23.1 Å². The zero-order valence-electron chi connectivity index (χ0n) is 16.4. The monoisotopic (exact) mass is 371 g/mol. The molecule has 3 aromatic rings. The molecule has 0 saturated heterocycles. The molecule has 0 aliphatic heterocycles. The van der Waals surface area contributed by atoms with Gasteiger partial charge in [-0.05, 0) is 38.5 Å².